The Kier molecular flexibility index (Phi) is 6.21. The van der Waals surface area contributed by atoms with Gasteiger partial charge in [-0.15, -0.1) is 0 Å². The molecule has 3 rings (SSSR count). The zero-order valence-electron chi connectivity index (χ0n) is 18.2. The summed E-state index contributed by atoms with van der Waals surface area (Å²) in [6.07, 6.45) is -4.56. The Hall–Kier alpha value is -2.75. The molecule has 1 N–H and O–H groups in total. The van der Waals surface area contributed by atoms with Gasteiger partial charge in [-0.3, -0.25) is 9.52 Å². The Morgan fingerprint density at radius 2 is 1.75 bits per heavy atom. The number of carbonyl (C=O) groups excluding carboxylic acids is 1. The fourth-order valence-corrected chi connectivity index (χ4v) is 4.34. The summed E-state index contributed by atoms with van der Waals surface area (Å²) in [4.78, 5) is 14.4. The predicted molar refractivity (Wildman–Crippen MR) is 115 cm³/mol. The number of hydrogen-bond acceptors (Lipinski definition) is 4. The molecule has 174 valence electrons. The van der Waals surface area contributed by atoms with Crippen LogP contribution < -0.4 is 14.4 Å². The van der Waals surface area contributed by atoms with Crippen LogP contribution in [0.25, 0.3) is 0 Å². The van der Waals surface area contributed by atoms with Crippen LogP contribution >= 0.6 is 0 Å². The van der Waals surface area contributed by atoms with Crippen molar-refractivity contribution < 1.29 is 31.1 Å². The number of nitrogens with zero attached hydrogens (tertiary/aromatic N) is 1. The normalized spacial score (nSPS) is 16.4. The Morgan fingerprint density at radius 3 is 2.31 bits per heavy atom. The van der Waals surface area contributed by atoms with Crippen molar-refractivity contribution in [1.29, 1.82) is 0 Å². The Bertz CT molecular complexity index is 1110. The van der Waals surface area contributed by atoms with E-state index in [0.29, 0.717) is 30.1 Å². The van der Waals surface area contributed by atoms with Crippen molar-refractivity contribution in [3.8, 4) is 5.75 Å². The van der Waals surface area contributed by atoms with Crippen LogP contribution in [0.5, 0.6) is 5.75 Å². The number of nitrogens with one attached hydrogen (secondary N) is 1. The van der Waals surface area contributed by atoms with E-state index in [4.69, 9.17) is 4.74 Å². The van der Waals surface area contributed by atoms with Gasteiger partial charge in [0.05, 0.1) is 27.2 Å². The molecule has 0 atom stereocenters. The van der Waals surface area contributed by atoms with E-state index in [1.54, 1.807) is 24.8 Å². The maximum absolute atomic E-state index is 13.1. The molecule has 6 nitrogen and oxygen atoms in total. The lowest BCUT2D eigenvalue weighted by Gasteiger charge is -2.29. The Balaban J connectivity index is 1.95. The van der Waals surface area contributed by atoms with Crippen molar-refractivity contribution in [2.75, 3.05) is 22.8 Å². The minimum absolute atomic E-state index is 0.146. The summed E-state index contributed by atoms with van der Waals surface area (Å²) in [7, 11) is -4.15. The molecule has 1 aliphatic rings. The third-order valence-corrected chi connectivity index (χ3v) is 6.35. The van der Waals surface area contributed by atoms with Crippen molar-refractivity contribution in [3.05, 3.63) is 48.0 Å². The van der Waals surface area contributed by atoms with E-state index in [1.807, 2.05) is 13.8 Å². The van der Waals surface area contributed by atoms with Gasteiger partial charge in [0.2, 0.25) is 5.91 Å². The third kappa shape index (κ3) is 5.01. The highest BCUT2D eigenvalue weighted by Crippen LogP contribution is 2.39. The number of alkyl halides is 3. The van der Waals surface area contributed by atoms with Crippen LogP contribution in [-0.2, 0) is 21.0 Å². The van der Waals surface area contributed by atoms with Crippen molar-refractivity contribution in [2.24, 2.45) is 11.3 Å². The van der Waals surface area contributed by atoms with Crippen LogP contribution in [0.2, 0.25) is 0 Å². The summed E-state index contributed by atoms with van der Waals surface area (Å²) in [5.41, 5.74) is -1.12. The van der Waals surface area contributed by atoms with Gasteiger partial charge in [0.25, 0.3) is 10.0 Å². The predicted octanol–water partition coefficient (Wildman–Crippen LogP) is 4.91. The van der Waals surface area contributed by atoms with E-state index >= 15 is 0 Å². The van der Waals surface area contributed by atoms with Crippen molar-refractivity contribution in [3.63, 3.8) is 0 Å². The van der Waals surface area contributed by atoms with E-state index < -0.39 is 27.2 Å². The maximum atomic E-state index is 13.1. The number of sulfonamides is 1. The van der Waals surface area contributed by atoms with E-state index in [-0.39, 0.29) is 29.0 Å². The highest BCUT2D eigenvalue weighted by molar-refractivity contribution is 7.92. The van der Waals surface area contributed by atoms with Crippen LogP contribution in [0.4, 0.5) is 24.5 Å². The molecule has 0 spiro atoms. The molecular weight excluding hydrogens is 445 g/mol. The summed E-state index contributed by atoms with van der Waals surface area (Å²) < 4.78 is 71.9. The molecule has 2 aromatic rings. The van der Waals surface area contributed by atoms with Crippen molar-refractivity contribution in [1.82, 2.24) is 0 Å². The van der Waals surface area contributed by atoms with Gasteiger partial charge < -0.3 is 9.64 Å². The number of carbonyl (C=O) groups is 1. The third-order valence-electron chi connectivity index (χ3n) is 4.95. The molecule has 1 heterocycles. The lowest BCUT2D eigenvalue weighted by molar-refractivity contribution is -0.137. The molecular formula is C22H25F3N2O4S. The van der Waals surface area contributed by atoms with Crippen LogP contribution in [-0.4, -0.2) is 27.5 Å². The fourth-order valence-electron chi connectivity index (χ4n) is 3.29. The highest BCUT2D eigenvalue weighted by atomic mass is 32.2. The second-order valence-electron chi connectivity index (χ2n) is 8.79. The molecule has 10 heteroatoms. The van der Waals surface area contributed by atoms with Crippen LogP contribution in [0.3, 0.4) is 0 Å². The molecule has 0 fully saturated rings. The largest absolute Gasteiger partial charge is 0.490 e. The molecule has 2 aromatic carbocycles. The van der Waals surface area contributed by atoms with Gasteiger partial charge in [-0.2, -0.15) is 13.2 Å². The molecule has 0 bridgehead atoms. The number of amides is 1. The van der Waals surface area contributed by atoms with Gasteiger partial charge >= 0.3 is 6.18 Å². The van der Waals surface area contributed by atoms with Crippen molar-refractivity contribution in [2.45, 2.75) is 38.8 Å². The van der Waals surface area contributed by atoms with Gasteiger partial charge in [0, 0.05) is 6.54 Å². The molecule has 0 aliphatic carbocycles. The van der Waals surface area contributed by atoms with Crippen LogP contribution in [0, 0.1) is 11.3 Å². The van der Waals surface area contributed by atoms with Gasteiger partial charge in [-0.25, -0.2) is 8.42 Å². The number of ether oxygens (including phenoxy) is 1. The molecule has 0 saturated carbocycles. The highest BCUT2D eigenvalue weighted by Gasteiger charge is 2.38. The average molecular weight is 471 g/mol. The lowest BCUT2D eigenvalue weighted by atomic mass is 9.92. The number of benzene rings is 2. The summed E-state index contributed by atoms with van der Waals surface area (Å²) in [5.74, 6) is 0.447. The first kappa shape index (κ1) is 23.9. The number of rotatable bonds is 5. The molecule has 1 aliphatic heterocycles. The maximum Gasteiger partial charge on any atom is 0.416 e. The second-order valence-corrected chi connectivity index (χ2v) is 10.5. The molecule has 1 amide bonds. The number of fused-ring (bicyclic) bond motifs is 1. The van der Waals surface area contributed by atoms with Gasteiger partial charge in [-0.1, -0.05) is 13.8 Å². The number of halogens is 3. The second kappa shape index (κ2) is 8.31. The topological polar surface area (TPSA) is 75.7 Å². The van der Waals surface area contributed by atoms with Gasteiger partial charge in [-0.05, 0) is 62.2 Å². The Morgan fingerprint density at radius 1 is 1.12 bits per heavy atom. The standard InChI is InChI=1S/C22H25F3N2O4S/c1-14(2)12-27-18-11-16(7-10-19(18)31-13-21(3,4)20(27)28)26-32(29,30)17-8-5-15(6-9-17)22(23,24)25/h5-11,14,26H,12-13H2,1-4H3. The smallest absolute Gasteiger partial charge is 0.416 e. The zero-order valence-corrected chi connectivity index (χ0v) is 19.0. The van der Waals surface area contributed by atoms with Crippen molar-refractivity contribution >= 4 is 27.3 Å². The number of hydrogen-bond donors (Lipinski definition) is 1. The minimum Gasteiger partial charge on any atom is -0.490 e. The van der Waals surface area contributed by atoms with Gasteiger partial charge in [0.15, 0.2) is 0 Å². The SMILES string of the molecule is CC(C)CN1C(=O)C(C)(C)COc2ccc(NS(=O)(=O)c3ccc(C(F)(F)F)cc3)cc21. The quantitative estimate of drug-likeness (QED) is 0.674. The van der Waals surface area contributed by atoms with E-state index in [1.165, 1.54) is 12.1 Å². The molecule has 0 radical (unpaired) electrons. The summed E-state index contributed by atoms with van der Waals surface area (Å²) >= 11 is 0. The molecule has 0 aromatic heterocycles. The first-order chi connectivity index (χ1) is 14.7. The molecule has 0 unspecified atom stereocenters. The minimum atomic E-state index is -4.56. The molecule has 32 heavy (non-hydrogen) atoms. The monoisotopic (exact) mass is 470 g/mol. The van der Waals surface area contributed by atoms with Crippen LogP contribution in [0.1, 0.15) is 33.3 Å². The summed E-state index contributed by atoms with van der Waals surface area (Å²) in [6, 6.07) is 7.77. The van der Waals surface area contributed by atoms with Crippen LogP contribution in [0.15, 0.2) is 47.4 Å². The zero-order chi connectivity index (χ0) is 23.9. The fraction of sp³-hybridized carbons (Fsp3) is 0.409. The van der Waals surface area contributed by atoms with E-state index in [0.717, 1.165) is 12.1 Å². The first-order valence-corrected chi connectivity index (χ1v) is 11.5. The van der Waals surface area contributed by atoms with E-state index in [9.17, 15) is 26.4 Å². The summed E-state index contributed by atoms with van der Waals surface area (Å²) in [5, 5.41) is 0. The Labute approximate surface area is 185 Å². The first-order valence-electron chi connectivity index (χ1n) is 9.99. The van der Waals surface area contributed by atoms with Gasteiger partial charge in [0.1, 0.15) is 12.4 Å². The summed E-state index contributed by atoms with van der Waals surface area (Å²) in [6.45, 7) is 8.06. The number of anilines is 2. The molecule has 0 saturated heterocycles. The lowest BCUT2D eigenvalue weighted by Crippen LogP contribution is -2.43. The average Bonchev–Trinajstić information content (AvgIpc) is 2.77. The van der Waals surface area contributed by atoms with E-state index in [2.05, 4.69) is 4.72 Å².